The van der Waals surface area contributed by atoms with Crippen LogP contribution in [0.3, 0.4) is 0 Å². The summed E-state index contributed by atoms with van der Waals surface area (Å²) in [7, 11) is 2.11. The highest BCUT2D eigenvalue weighted by molar-refractivity contribution is 5.46. The van der Waals surface area contributed by atoms with Crippen LogP contribution in [0, 0.1) is 0 Å². The number of aromatic nitrogens is 1. The molecule has 1 heterocycles. The monoisotopic (exact) mass is 241 g/mol. The molecular weight excluding hydrogens is 222 g/mol. The summed E-state index contributed by atoms with van der Waals surface area (Å²) in [6.45, 7) is 1.85. The standard InChI is InChI=1S/C15H19N3/c1-18(11-9-14-7-4-5-10-17-14)12-13-6-2-3-8-15(13)16/h2-8,10H,9,11-12,16H2,1H3. The predicted octanol–water partition coefficient (Wildman–Crippen LogP) is 2.34. The molecule has 0 atom stereocenters. The van der Waals surface area contributed by atoms with Crippen molar-refractivity contribution in [2.45, 2.75) is 13.0 Å². The number of anilines is 1. The Balaban J connectivity index is 1.86. The first-order valence-electron chi connectivity index (χ1n) is 6.17. The number of nitrogen functional groups attached to an aromatic ring is 1. The first-order valence-corrected chi connectivity index (χ1v) is 6.17. The minimum Gasteiger partial charge on any atom is -0.398 e. The van der Waals surface area contributed by atoms with Gasteiger partial charge in [-0.15, -0.1) is 0 Å². The number of hydrogen-bond acceptors (Lipinski definition) is 3. The van der Waals surface area contributed by atoms with Gasteiger partial charge in [-0.2, -0.15) is 0 Å². The lowest BCUT2D eigenvalue weighted by atomic mass is 10.1. The third-order valence-corrected chi connectivity index (χ3v) is 2.97. The molecule has 0 fully saturated rings. The van der Waals surface area contributed by atoms with Gasteiger partial charge < -0.3 is 10.6 Å². The van der Waals surface area contributed by atoms with Crippen molar-refractivity contribution in [2.24, 2.45) is 0 Å². The molecule has 2 N–H and O–H groups in total. The Hall–Kier alpha value is -1.87. The SMILES string of the molecule is CN(CCc1ccccn1)Cc1ccccc1N. The Morgan fingerprint density at radius 1 is 1.11 bits per heavy atom. The van der Waals surface area contributed by atoms with Crippen LogP contribution in [-0.4, -0.2) is 23.5 Å². The zero-order valence-corrected chi connectivity index (χ0v) is 10.7. The molecule has 0 aliphatic heterocycles. The quantitative estimate of drug-likeness (QED) is 0.817. The smallest absolute Gasteiger partial charge is 0.0416 e. The van der Waals surface area contributed by atoms with Crippen molar-refractivity contribution in [1.82, 2.24) is 9.88 Å². The number of rotatable bonds is 5. The molecule has 2 rings (SSSR count). The Kier molecular flexibility index (Phi) is 4.31. The summed E-state index contributed by atoms with van der Waals surface area (Å²) in [5, 5.41) is 0. The van der Waals surface area contributed by atoms with Gasteiger partial charge in [0.2, 0.25) is 0 Å². The number of hydrogen-bond donors (Lipinski definition) is 1. The van der Waals surface area contributed by atoms with Crippen molar-refractivity contribution in [3.63, 3.8) is 0 Å². The van der Waals surface area contributed by atoms with Gasteiger partial charge in [-0.25, -0.2) is 0 Å². The van der Waals surface area contributed by atoms with E-state index in [2.05, 4.69) is 29.1 Å². The van der Waals surface area contributed by atoms with E-state index >= 15 is 0 Å². The fraction of sp³-hybridized carbons (Fsp3) is 0.267. The van der Waals surface area contributed by atoms with Crippen molar-refractivity contribution in [3.05, 3.63) is 59.9 Å². The van der Waals surface area contributed by atoms with Crippen LogP contribution in [0.15, 0.2) is 48.7 Å². The second-order valence-electron chi connectivity index (χ2n) is 4.51. The van der Waals surface area contributed by atoms with Crippen LogP contribution in [-0.2, 0) is 13.0 Å². The van der Waals surface area contributed by atoms with Crippen molar-refractivity contribution in [3.8, 4) is 0 Å². The second kappa shape index (κ2) is 6.17. The van der Waals surface area contributed by atoms with Crippen molar-refractivity contribution < 1.29 is 0 Å². The van der Waals surface area contributed by atoms with Crippen LogP contribution in [0.4, 0.5) is 5.69 Å². The van der Waals surface area contributed by atoms with Crippen LogP contribution in [0.1, 0.15) is 11.3 Å². The van der Waals surface area contributed by atoms with Gasteiger partial charge in [0.25, 0.3) is 0 Å². The molecule has 94 valence electrons. The van der Waals surface area contributed by atoms with E-state index in [1.807, 2.05) is 36.5 Å². The molecule has 0 aliphatic carbocycles. The number of nitrogens with zero attached hydrogens (tertiary/aromatic N) is 2. The maximum Gasteiger partial charge on any atom is 0.0416 e. The molecule has 3 heteroatoms. The van der Waals surface area contributed by atoms with Crippen molar-refractivity contribution in [1.29, 1.82) is 0 Å². The van der Waals surface area contributed by atoms with E-state index in [4.69, 9.17) is 5.73 Å². The molecule has 0 saturated heterocycles. The van der Waals surface area contributed by atoms with E-state index in [-0.39, 0.29) is 0 Å². The summed E-state index contributed by atoms with van der Waals surface area (Å²) in [4.78, 5) is 6.59. The number of likely N-dealkylation sites (N-methyl/N-ethyl adjacent to an activating group) is 1. The maximum absolute atomic E-state index is 5.94. The van der Waals surface area contributed by atoms with Gasteiger partial charge in [0, 0.05) is 37.1 Å². The highest BCUT2D eigenvalue weighted by atomic mass is 15.1. The van der Waals surface area contributed by atoms with Gasteiger partial charge in [0.1, 0.15) is 0 Å². The zero-order valence-electron chi connectivity index (χ0n) is 10.7. The van der Waals surface area contributed by atoms with Crippen LogP contribution in [0.2, 0.25) is 0 Å². The zero-order chi connectivity index (χ0) is 12.8. The van der Waals surface area contributed by atoms with Crippen LogP contribution in [0.25, 0.3) is 0 Å². The molecule has 3 nitrogen and oxygen atoms in total. The molecule has 0 saturated carbocycles. The van der Waals surface area contributed by atoms with Crippen molar-refractivity contribution in [2.75, 3.05) is 19.3 Å². The molecule has 0 aliphatic rings. The van der Waals surface area contributed by atoms with E-state index in [0.29, 0.717) is 0 Å². The maximum atomic E-state index is 5.94. The molecule has 2 aromatic rings. The largest absolute Gasteiger partial charge is 0.398 e. The highest BCUT2D eigenvalue weighted by Crippen LogP contribution is 2.12. The van der Waals surface area contributed by atoms with Crippen molar-refractivity contribution >= 4 is 5.69 Å². The summed E-state index contributed by atoms with van der Waals surface area (Å²) in [5.41, 5.74) is 9.11. The second-order valence-corrected chi connectivity index (χ2v) is 4.51. The summed E-state index contributed by atoms with van der Waals surface area (Å²) in [5.74, 6) is 0. The van der Waals surface area contributed by atoms with Gasteiger partial charge >= 0.3 is 0 Å². The van der Waals surface area contributed by atoms with E-state index in [1.165, 1.54) is 5.56 Å². The summed E-state index contributed by atoms with van der Waals surface area (Å²) in [6.07, 6.45) is 2.80. The average molecular weight is 241 g/mol. The number of pyridine rings is 1. The minimum atomic E-state index is 0.863. The van der Waals surface area contributed by atoms with Gasteiger partial charge in [0.15, 0.2) is 0 Å². The average Bonchev–Trinajstić information content (AvgIpc) is 2.40. The lowest BCUT2D eigenvalue weighted by molar-refractivity contribution is 0.330. The third kappa shape index (κ3) is 3.57. The van der Waals surface area contributed by atoms with Gasteiger partial charge in [-0.1, -0.05) is 24.3 Å². The Morgan fingerprint density at radius 3 is 2.61 bits per heavy atom. The van der Waals surface area contributed by atoms with Gasteiger partial charge in [-0.05, 0) is 30.8 Å². The molecule has 0 spiro atoms. The topological polar surface area (TPSA) is 42.2 Å². The van der Waals surface area contributed by atoms with E-state index in [0.717, 1.165) is 30.9 Å². The van der Waals surface area contributed by atoms with Gasteiger partial charge in [-0.3, -0.25) is 4.98 Å². The first kappa shape index (κ1) is 12.6. The van der Waals surface area contributed by atoms with Gasteiger partial charge in [0.05, 0.1) is 0 Å². The van der Waals surface area contributed by atoms with Crippen LogP contribution >= 0.6 is 0 Å². The lowest BCUT2D eigenvalue weighted by Gasteiger charge is -2.17. The van der Waals surface area contributed by atoms with Crippen LogP contribution < -0.4 is 5.73 Å². The van der Waals surface area contributed by atoms with Crippen LogP contribution in [0.5, 0.6) is 0 Å². The molecule has 1 aromatic heterocycles. The Morgan fingerprint density at radius 2 is 1.89 bits per heavy atom. The number of nitrogens with two attached hydrogens (primary N) is 1. The Bertz CT molecular complexity index is 482. The van der Waals surface area contributed by atoms with E-state index < -0.39 is 0 Å². The molecular formula is C15H19N3. The van der Waals surface area contributed by atoms with E-state index in [1.54, 1.807) is 0 Å². The molecule has 0 unspecified atom stereocenters. The normalized spacial score (nSPS) is 10.8. The minimum absolute atomic E-state index is 0.863. The highest BCUT2D eigenvalue weighted by Gasteiger charge is 2.03. The molecule has 0 bridgehead atoms. The summed E-state index contributed by atoms with van der Waals surface area (Å²) in [6, 6.07) is 14.0. The molecule has 0 amide bonds. The summed E-state index contributed by atoms with van der Waals surface area (Å²) >= 11 is 0. The fourth-order valence-corrected chi connectivity index (χ4v) is 1.90. The third-order valence-electron chi connectivity index (χ3n) is 2.97. The summed E-state index contributed by atoms with van der Waals surface area (Å²) < 4.78 is 0. The molecule has 0 radical (unpaired) electrons. The Labute approximate surface area is 108 Å². The molecule has 18 heavy (non-hydrogen) atoms. The fourth-order valence-electron chi connectivity index (χ4n) is 1.90. The first-order chi connectivity index (χ1) is 8.75. The predicted molar refractivity (Wildman–Crippen MR) is 75.1 cm³/mol. The van der Waals surface area contributed by atoms with E-state index in [9.17, 15) is 0 Å². The molecule has 1 aromatic carbocycles. The lowest BCUT2D eigenvalue weighted by Crippen LogP contribution is -2.21. The number of benzene rings is 1. The number of para-hydroxylation sites is 1.